The first-order valence-electron chi connectivity index (χ1n) is 13.2. The molecule has 2 saturated carbocycles. The van der Waals surface area contributed by atoms with Crippen molar-refractivity contribution < 1.29 is 18.0 Å². The second kappa shape index (κ2) is 15.0. The third-order valence-corrected chi connectivity index (χ3v) is 10.5. The molecule has 0 atom stereocenters. The quantitative estimate of drug-likeness (QED) is 0.202. The Labute approximate surface area is 188 Å². The maximum atomic E-state index is 6.27. The first-order valence-corrected chi connectivity index (χ1v) is 15.1. The summed E-state index contributed by atoms with van der Waals surface area (Å²) in [5.41, 5.74) is 0. The van der Waals surface area contributed by atoms with Gasteiger partial charge in [-0.05, 0) is 83.5 Å². The van der Waals surface area contributed by atoms with Gasteiger partial charge in [0.05, 0.1) is 6.10 Å². The van der Waals surface area contributed by atoms with E-state index >= 15 is 0 Å². The van der Waals surface area contributed by atoms with Gasteiger partial charge < -0.3 is 18.0 Å². The molecule has 2 fully saturated rings. The molecule has 178 valence electrons. The maximum Gasteiger partial charge on any atom is 0.501 e. The molecule has 2 aliphatic carbocycles. The average molecular weight is 443 g/mol. The molecule has 0 aromatic carbocycles. The van der Waals surface area contributed by atoms with Crippen molar-refractivity contribution in [3.63, 3.8) is 0 Å². The van der Waals surface area contributed by atoms with E-state index in [2.05, 4.69) is 6.92 Å². The average Bonchev–Trinajstić information content (AvgIpc) is 2.77. The Balaban J connectivity index is 1.62. The monoisotopic (exact) mass is 442 g/mol. The first-order chi connectivity index (χ1) is 14.7. The Morgan fingerprint density at radius 1 is 0.667 bits per heavy atom. The zero-order chi connectivity index (χ0) is 21.7. The van der Waals surface area contributed by atoms with Crippen molar-refractivity contribution in [1.29, 1.82) is 0 Å². The van der Waals surface area contributed by atoms with Crippen LogP contribution in [-0.2, 0) is 18.0 Å². The van der Waals surface area contributed by atoms with Gasteiger partial charge in [-0.1, -0.05) is 39.0 Å². The van der Waals surface area contributed by atoms with Gasteiger partial charge in [0.25, 0.3) is 0 Å². The van der Waals surface area contributed by atoms with Crippen LogP contribution in [0, 0.1) is 17.8 Å². The van der Waals surface area contributed by atoms with Crippen molar-refractivity contribution in [3.8, 4) is 0 Å². The van der Waals surface area contributed by atoms with Crippen molar-refractivity contribution in [2.45, 2.75) is 117 Å². The third-order valence-electron chi connectivity index (χ3n) is 7.32. The van der Waals surface area contributed by atoms with Crippen LogP contribution in [0.2, 0.25) is 6.04 Å². The molecule has 2 aliphatic rings. The highest BCUT2D eigenvalue weighted by Crippen LogP contribution is 2.41. The fraction of sp³-hybridized carbons (Fsp3) is 1.00. The second-order valence-corrected chi connectivity index (χ2v) is 12.1. The fourth-order valence-corrected chi connectivity index (χ4v) is 8.29. The summed E-state index contributed by atoms with van der Waals surface area (Å²) in [4.78, 5) is 0. The first kappa shape index (κ1) is 26.3. The zero-order valence-corrected chi connectivity index (χ0v) is 21.5. The highest BCUT2D eigenvalue weighted by atomic mass is 28.4. The Morgan fingerprint density at radius 3 is 1.70 bits per heavy atom. The van der Waals surface area contributed by atoms with E-state index in [1.165, 1.54) is 70.6 Å². The lowest BCUT2D eigenvalue weighted by molar-refractivity contribution is 0.00425. The minimum atomic E-state index is -2.51. The van der Waals surface area contributed by atoms with Gasteiger partial charge in [-0.2, -0.15) is 0 Å². The molecule has 0 bridgehead atoms. The molecule has 0 spiro atoms. The molecule has 0 unspecified atom stereocenters. The molecular formula is C25H50O4Si. The van der Waals surface area contributed by atoms with Crippen LogP contribution in [0.3, 0.4) is 0 Å². The smallest absolute Gasteiger partial charge is 0.378 e. The molecule has 0 aliphatic heterocycles. The van der Waals surface area contributed by atoms with Gasteiger partial charge in [0.15, 0.2) is 0 Å². The Bertz CT molecular complexity index is 400. The van der Waals surface area contributed by atoms with E-state index in [1.807, 2.05) is 20.8 Å². The highest BCUT2D eigenvalue weighted by molar-refractivity contribution is 6.60. The number of hydrogen-bond donors (Lipinski definition) is 0. The van der Waals surface area contributed by atoms with Gasteiger partial charge in [-0.3, -0.25) is 0 Å². The summed E-state index contributed by atoms with van der Waals surface area (Å²) in [6.07, 6.45) is 16.9. The number of ether oxygens (including phenoxy) is 1. The number of hydrogen-bond acceptors (Lipinski definition) is 4. The summed E-state index contributed by atoms with van der Waals surface area (Å²) < 4.78 is 24.1. The van der Waals surface area contributed by atoms with Crippen LogP contribution in [0.25, 0.3) is 0 Å². The van der Waals surface area contributed by atoms with E-state index in [0.29, 0.717) is 25.9 Å². The number of rotatable bonds is 15. The minimum absolute atomic E-state index is 0.462. The lowest BCUT2D eigenvalue weighted by atomic mass is 9.70. The lowest BCUT2D eigenvalue weighted by Crippen LogP contribution is -2.46. The molecule has 0 aromatic rings. The number of unbranched alkanes of at least 4 members (excludes halogenated alkanes) is 1. The van der Waals surface area contributed by atoms with Crippen molar-refractivity contribution >= 4 is 8.80 Å². The molecule has 0 amide bonds. The van der Waals surface area contributed by atoms with Crippen LogP contribution >= 0.6 is 0 Å². The van der Waals surface area contributed by atoms with E-state index < -0.39 is 8.80 Å². The van der Waals surface area contributed by atoms with Crippen molar-refractivity contribution in [2.24, 2.45) is 17.8 Å². The largest absolute Gasteiger partial charge is 0.501 e. The van der Waals surface area contributed by atoms with Gasteiger partial charge in [0, 0.05) is 32.5 Å². The summed E-state index contributed by atoms with van der Waals surface area (Å²) in [6.45, 7) is 11.1. The maximum absolute atomic E-state index is 6.27. The van der Waals surface area contributed by atoms with Gasteiger partial charge in [0.1, 0.15) is 0 Å². The van der Waals surface area contributed by atoms with E-state index in [0.717, 1.165) is 36.8 Å². The molecule has 4 nitrogen and oxygen atoms in total. The molecule has 0 saturated heterocycles. The van der Waals surface area contributed by atoms with Crippen LogP contribution in [0.1, 0.15) is 105 Å². The van der Waals surface area contributed by atoms with E-state index in [1.54, 1.807) is 0 Å². The third kappa shape index (κ3) is 8.89. The zero-order valence-electron chi connectivity index (χ0n) is 20.5. The van der Waals surface area contributed by atoms with E-state index in [-0.39, 0.29) is 0 Å². The topological polar surface area (TPSA) is 36.9 Å². The predicted molar refractivity (Wildman–Crippen MR) is 127 cm³/mol. The molecular weight excluding hydrogens is 392 g/mol. The SMILES string of the molecule is CCCCC1CCC(C2CCC(OCCC[Si](OCC)(OCC)OCC)CC2)CC1. The molecule has 5 heteroatoms. The van der Waals surface area contributed by atoms with Crippen molar-refractivity contribution in [3.05, 3.63) is 0 Å². The molecule has 2 rings (SSSR count). The van der Waals surface area contributed by atoms with Gasteiger partial charge in [-0.25, -0.2) is 0 Å². The standard InChI is InChI=1S/C25H50O4Si/c1-5-9-11-22-12-14-23(15-13-22)24-16-18-25(19-17-24)26-20-10-21-30(27-6-2,28-7-3)29-8-4/h22-25H,5-21H2,1-4H3. The van der Waals surface area contributed by atoms with E-state index in [4.69, 9.17) is 18.0 Å². The summed E-state index contributed by atoms with van der Waals surface area (Å²) in [5.74, 6) is 2.99. The normalized spacial score (nSPS) is 28.0. The lowest BCUT2D eigenvalue weighted by Gasteiger charge is -2.38. The van der Waals surface area contributed by atoms with Crippen LogP contribution < -0.4 is 0 Å². The van der Waals surface area contributed by atoms with Gasteiger partial charge in [-0.15, -0.1) is 0 Å². The molecule has 30 heavy (non-hydrogen) atoms. The summed E-state index contributed by atoms with van der Waals surface area (Å²) in [5, 5.41) is 0. The van der Waals surface area contributed by atoms with Crippen LogP contribution in [0.4, 0.5) is 0 Å². The second-order valence-electron chi connectivity index (χ2n) is 9.42. The molecule has 0 heterocycles. The van der Waals surface area contributed by atoms with Crippen LogP contribution in [0.15, 0.2) is 0 Å². The summed E-state index contributed by atoms with van der Waals surface area (Å²) in [7, 11) is -2.51. The van der Waals surface area contributed by atoms with Crippen LogP contribution in [0.5, 0.6) is 0 Å². The van der Waals surface area contributed by atoms with Crippen molar-refractivity contribution in [1.82, 2.24) is 0 Å². The minimum Gasteiger partial charge on any atom is -0.378 e. The molecule has 0 N–H and O–H groups in total. The summed E-state index contributed by atoms with van der Waals surface area (Å²) >= 11 is 0. The molecule has 0 aromatic heterocycles. The van der Waals surface area contributed by atoms with Crippen LogP contribution in [-0.4, -0.2) is 41.3 Å². The van der Waals surface area contributed by atoms with E-state index in [9.17, 15) is 0 Å². The Hall–Kier alpha value is 0.0569. The Morgan fingerprint density at radius 2 is 1.20 bits per heavy atom. The van der Waals surface area contributed by atoms with Crippen molar-refractivity contribution in [2.75, 3.05) is 26.4 Å². The highest BCUT2D eigenvalue weighted by Gasteiger charge is 2.39. The summed E-state index contributed by atoms with van der Waals surface area (Å²) in [6, 6.07) is 0.860. The molecule has 0 radical (unpaired) electrons. The van der Waals surface area contributed by atoms with Gasteiger partial charge in [0.2, 0.25) is 0 Å². The Kier molecular flexibility index (Phi) is 13.2. The van der Waals surface area contributed by atoms with Gasteiger partial charge >= 0.3 is 8.80 Å². The fourth-order valence-electron chi connectivity index (χ4n) is 5.71. The predicted octanol–water partition coefficient (Wildman–Crippen LogP) is 7.00.